The third-order valence-corrected chi connectivity index (χ3v) is 2.28. The highest BCUT2D eigenvalue weighted by Gasteiger charge is 2.22. The highest BCUT2D eigenvalue weighted by molar-refractivity contribution is 5.86. The second-order valence-electron chi connectivity index (χ2n) is 4.19. The summed E-state index contributed by atoms with van der Waals surface area (Å²) in [5.41, 5.74) is 4.88. The predicted octanol–water partition coefficient (Wildman–Crippen LogP) is -0.341. The van der Waals surface area contributed by atoms with Gasteiger partial charge in [-0.25, -0.2) is 4.79 Å². The van der Waals surface area contributed by atoms with Crippen LogP contribution in [-0.2, 0) is 9.59 Å². The van der Waals surface area contributed by atoms with Crippen LogP contribution in [0.5, 0.6) is 0 Å². The maximum absolute atomic E-state index is 11.6. The number of carbonyl (C=O) groups excluding carboxylic acids is 2. The number of rotatable bonds is 6. The Balaban J connectivity index is 4.39. The van der Waals surface area contributed by atoms with Gasteiger partial charge in [-0.05, 0) is 12.8 Å². The molecule has 0 aromatic heterocycles. The summed E-state index contributed by atoms with van der Waals surface area (Å²) in [5.74, 6) is -1.46. The molecule has 0 fully saturated rings. The quantitative estimate of drug-likeness (QED) is 0.511. The molecule has 0 aliphatic carbocycles. The molecule has 17 heavy (non-hydrogen) atoms. The molecule has 0 heterocycles. The van der Waals surface area contributed by atoms with Gasteiger partial charge in [-0.15, -0.1) is 0 Å². The molecule has 0 aliphatic rings. The van der Waals surface area contributed by atoms with Gasteiger partial charge in [0, 0.05) is 6.04 Å². The third kappa shape index (κ3) is 6.39. The van der Waals surface area contributed by atoms with Crippen molar-refractivity contribution in [2.24, 2.45) is 11.7 Å². The minimum Gasteiger partial charge on any atom is -0.481 e. The molecular weight excluding hydrogens is 226 g/mol. The standard InChI is InChI=1S/C10H19N3O4/c1-5(2)7(4-8(14)15)13-9(16)6(3)12-10(11)17/h5-7H,4H2,1-3H3,(H,13,16)(H,14,15)(H3,11,12,17). The second kappa shape index (κ2) is 6.72. The Labute approximate surface area is 99.7 Å². The van der Waals surface area contributed by atoms with Crippen molar-refractivity contribution >= 4 is 17.9 Å². The lowest BCUT2D eigenvalue weighted by Crippen LogP contribution is -2.51. The van der Waals surface area contributed by atoms with Crippen molar-refractivity contribution in [1.82, 2.24) is 10.6 Å². The van der Waals surface area contributed by atoms with Crippen LogP contribution in [0.15, 0.2) is 0 Å². The summed E-state index contributed by atoms with van der Waals surface area (Å²) in [6.07, 6.45) is -0.160. The van der Waals surface area contributed by atoms with E-state index in [1.807, 2.05) is 0 Å². The molecule has 3 amide bonds. The molecule has 98 valence electrons. The normalized spacial score (nSPS) is 13.9. The van der Waals surface area contributed by atoms with E-state index in [1.54, 1.807) is 13.8 Å². The Hall–Kier alpha value is -1.79. The Kier molecular flexibility index (Phi) is 6.01. The van der Waals surface area contributed by atoms with Crippen LogP contribution in [0.3, 0.4) is 0 Å². The monoisotopic (exact) mass is 245 g/mol. The number of carbonyl (C=O) groups is 3. The van der Waals surface area contributed by atoms with Crippen molar-refractivity contribution in [3.8, 4) is 0 Å². The fraction of sp³-hybridized carbons (Fsp3) is 0.700. The number of carboxylic acids is 1. The van der Waals surface area contributed by atoms with Gasteiger partial charge in [-0.1, -0.05) is 13.8 Å². The van der Waals surface area contributed by atoms with E-state index in [-0.39, 0.29) is 12.3 Å². The molecule has 2 atom stereocenters. The largest absolute Gasteiger partial charge is 0.481 e. The third-order valence-electron chi connectivity index (χ3n) is 2.28. The number of amides is 3. The molecule has 0 saturated heterocycles. The molecule has 0 saturated carbocycles. The van der Waals surface area contributed by atoms with Crippen LogP contribution in [-0.4, -0.2) is 35.1 Å². The van der Waals surface area contributed by atoms with Crippen LogP contribution in [0.1, 0.15) is 27.2 Å². The first-order valence-corrected chi connectivity index (χ1v) is 5.32. The minimum atomic E-state index is -0.987. The maximum atomic E-state index is 11.6. The zero-order chi connectivity index (χ0) is 13.6. The molecule has 0 spiro atoms. The van der Waals surface area contributed by atoms with Crippen LogP contribution in [0.4, 0.5) is 4.79 Å². The van der Waals surface area contributed by atoms with Gasteiger partial charge in [0.15, 0.2) is 0 Å². The number of hydrogen-bond donors (Lipinski definition) is 4. The highest BCUT2D eigenvalue weighted by Crippen LogP contribution is 2.06. The van der Waals surface area contributed by atoms with E-state index in [2.05, 4.69) is 10.6 Å². The van der Waals surface area contributed by atoms with Gasteiger partial charge in [0.05, 0.1) is 6.42 Å². The molecular formula is C10H19N3O4. The number of hydrogen-bond acceptors (Lipinski definition) is 3. The van der Waals surface area contributed by atoms with Gasteiger partial charge in [0.25, 0.3) is 0 Å². The van der Waals surface area contributed by atoms with Crippen molar-refractivity contribution in [3.63, 3.8) is 0 Å². The molecule has 0 aromatic rings. The van der Waals surface area contributed by atoms with Crippen LogP contribution < -0.4 is 16.4 Å². The molecule has 0 aromatic carbocycles. The van der Waals surface area contributed by atoms with E-state index < -0.39 is 30.0 Å². The molecule has 0 bridgehead atoms. The van der Waals surface area contributed by atoms with E-state index in [0.29, 0.717) is 0 Å². The minimum absolute atomic E-state index is 0.0178. The summed E-state index contributed by atoms with van der Waals surface area (Å²) in [6.45, 7) is 5.08. The van der Waals surface area contributed by atoms with Crippen LogP contribution in [0.25, 0.3) is 0 Å². The summed E-state index contributed by atoms with van der Waals surface area (Å²) < 4.78 is 0. The number of nitrogens with one attached hydrogen (secondary N) is 2. The predicted molar refractivity (Wildman–Crippen MR) is 61.2 cm³/mol. The highest BCUT2D eigenvalue weighted by atomic mass is 16.4. The summed E-state index contributed by atoms with van der Waals surface area (Å²) >= 11 is 0. The SMILES string of the molecule is CC(NC(N)=O)C(=O)NC(CC(=O)O)C(C)C. The van der Waals surface area contributed by atoms with Gasteiger partial charge >= 0.3 is 12.0 Å². The van der Waals surface area contributed by atoms with Gasteiger partial charge in [0.1, 0.15) is 6.04 Å². The molecule has 0 radical (unpaired) electrons. The Morgan fingerprint density at radius 1 is 1.18 bits per heavy atom. The summed E-state index contributed by atoms with van der Waals surface area (Å²) in [6, 6.07) is -2.06. The first kappa shape index (κ1) is 15.2. The first-order valence-electron chi connectivity index (χ1n) is 5.32. The first-order chi connectivity index (χ1) is 7.73. The topological polar surface area (TPSA) is 122 Å². The molecule has 5 N–H and O–H groups in total. The van der Waals surface area contributed by atoms with Gasteiger partial charge in [-0.2, -0.15) is 0 Å². The lowest BCUT2D eigenvalue weighted by Gasteiger charge is -2.22. The zero-order valence-corrected chi connectivity index (χ0v) is 10.2. The van der Waals surface area contributed by atoms with Crippen LogP contribution in [0.2, 0.25) is 0 Å². The molecule has 0 rings (SSSR count). The van der Waals surface area contributed by atoms with E-state index >= 15 is 0 Å². The van der Waals surface area contributed by atoms with E-state index in [1.165, 1.54) is 6.92 Å². The van der Waals surface area contributed by atoms with E-state index in [4.69, 9.17) is 10.8 Å². The van der Waals surface area contributed by atoms with Crippen molar-refractivity contribution in [3.05, 3.63) is 0 Å². The fourth-order valence-electron chi connectivity index (χ4n) is 1.23. The Morgan fingerprint density at radius 2 is 1.71 bits per heavy atom. The second-order valence-corrected chi connectivity index (χ2v) is 4.19. The smallest absolute Gasteiger partial charge is 0.312 e. The molecule has 7 nitrogen and oxygen atoms in total. The van der Waals surface area contributed by atoms with E-state index in [9.17, 15) is 14.4 Å². The van der Waals surface area contributed by atoms with Gasteiger partial charge < -0.3 is 21.5 Å². The van der Waals surface area contributed by atoms with Crippen molar-refractivity contribution < 1.29 is 19.5 Å². The van der Waals surface area contributed by atoms with Gasteiger partial charge in [0.2, 0.25) is 5.91 Å². The Morgan fingerprint density at radius 3 is 2.06 bits per heavy atom. The number of carboxylic acid groups (broad SMARTS) is 1. The summed E-state index contributed by atoms with van der Waals surface area (Å²) in [5, 5.41) is 13.5. The van der Waals surface area contributed by atoms with Crippen LogP contribution in [0, 0.1) is 5.92 Å². The van der Waals surface area contributed by atoms with Crippen molar-refractivity contribution in [2.75, 3.05) is 0 Å². The van der Waals surface area contributed by atoms with Crippen molar-refractivity contribution in [2.45, 2.75) is 39.3 Å². The summed E-state index contributed by atoms with van der Waals surface area (Å²) in [4.78, 5) is 32.8. The fourth-order valence-corrected chi connectivity index (χ4v) is 1.23. The van der Waals surface area contributed by atoms with E-state index in [0.717, 1.165) is 0 Å². The zero-order valence-electron chi connectivity index (χ0n) is 10.2. The number of primary amides is 1. The number of aliphatic carboxylic acids is 1. The average Bonchev–Trinajstić information content (AvgIpc) is 2.14. The number of urea groups is 1. The van der Waals surface area contributed by atoms with Crippen LogP contribution >= 0.6 is 0 Å². The maximum Gasteiger partial charge on any atom is 0.312 e. The lowest BCUT2D eigenvalue weighted by atomic mass is 10.0. The lowest BCUT2D eigenvalue weighted by molar-refractivity contribution is -0.138. The molecule has 7 heteroatoms. The average molecular weight is 245 g/mol. The summed E-state index contributed by atoms with van der Waals surface area (Å²) in [7, 11) is 0. The van der Waals surface area contributed by atoms with Gasteiger partial charge in [-0.3, -0.25) is 9.59 Å². The molecule has 2 unspecified atom stereocenters. The van der Waals surface area contributed by atoms with Crippen molar-refractivity contribution in [1.29, 1.82) is 0 Å². The Bertz CT molecular complexity index is 304. The molecule has 0 aliphatic heterocycles. The number of nitrogens with two attached hydrogens (primary N) is 1.